The van der Waals surface area contributed by atoms with E-state index in [4.69, 9.17) is 11.6 Å². The zero-order chi connectivity index (χ0) is 12.3. The Morgan fingerprint density at radius 3 is 2.69 bits per heavy atom. The van der Waals surface area contributed by atoms with Gasteiger partial charge in [-0.3, -0.25) is 4.79 Å². The van der Waals surface area contributed by atoms with Crippen molar-refractivity contribution in [1.82, 2.24) is 5.32 Å². The van der Waals surface area contributed by atoms with Gasteiger partial charge in [-0.15, -0.1) is 0 Å². The second-order valence-corrected chi connectivity index (χ2v) is 5.53. The lowest BCUT2D eigenvalue weighted by atomic mass is 10.0. The highest BCUT2D eigenvalue weighted by atomic mass is 79.9. The van der Waals surface area contributed by atoms with Crippen LogP contribution in [0.1, 0.15) is 37.6 Å². The van der Waals surface area contributed by atoms with Crippen LogP contribution in [-0.2, 0) is 0 Å². The fraction of sp³-hybridized carbons (Fsp3) is 0.417. The molecule has 0 atom stereocenters. The maximum Gasteiger partial charge on any atom is 0.253 e. The molecule has 0 aliphatic carbocycles. The van der Waals surface area contributed by atoms with E-state index in [1.807, 2.05) is 26.8 Å². The van der Waals surface area contributed by atoms with E-state index in [9.17, 15) is 4.79 Å². The van der Waals surface area contributed by atoms with Crippen LogP contribution < -0.4 is 5.32 Å². The summed E-state index contributed by atoms with van der Waals surface area (Å²) in [5.41, 5.74) is 0.278. The molecular weight excluding hydrogens is 289 g/mol. The van der Waals surface area contributed by atoms with Crippen LogP contribution in [0.25, 0.3) is 0 Å². The Labute approximate surface area is 110 Å². The lowest BCUT2D eigenvalue weighted by molar-refractivity contribution is 0.0911. The first kappa shape index (κ1) is 13.5. The minimum atomic E-state index is -0.220. The van der Waals surface area contributed by atoms with Crippen molar-refractivity contribution in [3.8, 4) is 0 Å². The first-order valence-electron chi connectivity index (χ1n) is 5.14. The number of carbonyl (C=O) groups is 1. The Morgan fingerprint density at radius 2 is 2.12 bits per heavy atom. The van der Waals surface area contributed by atoms with Crippen LogP contribution in [0.2, 0.25) is 5.02 Å². The number of hydrogen-bond donors (Lipinski definition) is 1. The van der Waals surface area contributed by atoms with Gasteiger partial charge in [0.2, 0.25) is 0 Å². The van der Waals surface area contributed by atoms with E-state index in [1.165, 1.54) is 0 Å². The van der Waals surface area contributed by atoms with Crippen molar-refractivity contribution in [2.75, 3.05) is 0 Å². The van der Waals surface area contributed by atoms with Crippen LogP contribution >= 0.6 is 27.5 Å². The molecule has 0 aromatic heterocycles. The molecule has 0 saturated carbocycles. The van der Waals surface area contributed by atoms with E-state index in [0.29, 0.717) is 10.6 Å². The highest BCUT2D eigenvalue weighted by Crippen LogP contribution is 2.26. The van der Waals surface area contributed by atoms with Crippen molar-refractivity contribution >= 4 is 33.4 Å². The first-order chi connectivity index (χ1) is 7.37. The molecule has 0 aliphatic rings. The molecule has 1 aromatic rings. The highest BCUT2D eigenvalue weighted by molar-refractivity contribution is 9.10. The molecule has 0 unspecified atom stereocenters. The summed E-state index contributed by atoms with van der Waals surface area (Å²) >= 11 is 9.35. The quantitative estimate of drug-likeness (QED) is 0.898. The summed E-state index contributed by atoms with van der Waals surface area (Å²) in [5, 5.41) is 3.40. The lowest BCUT2D eigenvalue weighted by Gasteiger charge is -2.24. The molecule has 0 heterocycles. The van der Waals surface area contributed by atoms with E-state index >= 15 is 0 Å². The van der Waals surface area contributed by atoms with Crippen LogP contribution in [-0.4, -0.2) is 11.4 Å². The van der Waals surface area contributed by atoms with E-state index in [0.717, 1.165) is 10.9 Å². The number of carbonyl (C=O) groups excluding carboxylic acids is 1. The van der Waals surface area contributed by atoms with Gasteiger partial charge in [0.05, 0.1) is 10.6 Å². The monoisotopic (exact) mass is 303 g/mol. The average molecular weight is 305 g/mol. The van der Waals surface area contributed by atoms with Gasteiger partial charge in [0.1, 0.15) is 0 Å². The third kappa shape index (κ3) is 3.22. The Bertz CT molecular complexity index is 404. The first-order valence-corrected chi connectivity index (χ1v) is 6.31. The van der Waals surface area contributed by atoms with Gasteiger partial charge in [0.15, 0.2) is 0 Å². The number of amides is 1. The van der Waals surface area contributed by atoms with Gasteiger partial charge in [-0.25, -0.2) is 0 Å². The summed E-state index contributed by atoms with van der Waals surface area (Å²) in [7, 11) is 0. The number of halogens is 2. The standard InChI is InChI=1S/C12H15BrClNO/c1-4-12(2,3)15-11(16)8-6-5-7-9(13)10(8)14/h5-7H,4H2,1-3H3,(H,15,16). The predicted octanol–water partition coefficient (Wildman–Crippen LogP) is 4.02. The van der Waals surface area contributed by atoms with E-state index in [-0.39, 0.29) is 11.4 Å². The minimum absolute atomic E-state index is 0.141. The summed E-state index contributed by atoms with van der Waals surface area (Å²) in [6.45, 7) is 6.00. The van der Waals surface area contributed by atoms with Crippen molar-refractivity contribution in [2.24, 2.45) is 0 Å². The zero-order valence-electron chi connectivity index (χ0n) is 9.60. The van der Waals surface area contributed by atoms with Crippen molar-refractivity contribution in [3.63, 3.8) is 0 Å². The second kappa shape index (κ2) is 5.19. The molecule has 0 aliphatic heterocycles. The van der Waals surface area contributed by atoms with Gasteiger partial charge >= 0.3 is 0 Å². The molecular formula is C12H15BrClNO. The van der Waals surface area contributed by atoms with Gasteiger partial charge in [-0.05, 0) is 48.3 Å². The third-order valence-corrected chi connectivity index (χ3v) is 3.83. The number of rotatable bonds is 3. The SMILES string of the molecule is CCC(C)(C)NC(=O)c1cccc(Br)c1Cl. The third-order valence-electron chi connectivity index (χ3n) is 2.53. The van der Waals surface area contributed by atoms with E-state index < -0.39 is 0 Å². The summed E-state index contributed by atoms with van der Waals surface area (Å²) in [6.07, 6.45) is 0.865. The fourth-order valence-corrected chi connectivity index (χ4v) is 1.72. The van der Waals surface area contributed by atoms with Crippen LogP contribution in [0.3, 0.4) is 0 Å². The zero-order valence-corrected chi connectivity index (χ0v) is 11.9. The van der Waals surface area contributed by atoms with Gasteiger partial charge in [0.25, 0.3) is 5.91 Å². The average Bonchev–Trinajstić information content (AvgIpc) is 2.21. The fourth-order valence-electron chi connectivity index (χ4n) is 1.14. The lowest BCUT2D eigenvalue weighted by Crippen LogP contribution is -2.42. The van der Waals surface area contributed by atoms with Crippen LogP contribution in [0.4, 0.5) is 0 Å². The van der Waals surface area contributed by atoms with Crippen molar-refractivity contribution in [3.05, 3.63) is 33.3 Å². The molecule has 88 valence electrons. The largest absolute Gasteiger partial charge is 0.347 e. The molecule has 2 nitrogen and oxygen atoms in total. The molecule has 1 rings (SSSR count). The second-order valence-electron chi connectivity index (χ2n) is 4.29. The molecule has 0 bridgehead atoms. The Kier molecular flexibility index (Phi) is 4.39. The molecule has 1 aromatic carbocycles. The number of hydrogen-bond acceptors (Lipinski definition) is 1. The Balaban J connectivity index is 2.94. The Morgan fingerprint density at radius 1 is 1.50 bits per heavy atom. The highest BCUT2D eigenvalue weighted by Gasteiger charge is 2.20. The minimum Gasteiger partial charge on any atom is -0.347 e. The van der Waals surface area contributed by atoms with Crippen LogP contribution in [0.15, 0.2) is 22.7 Å². The molecule has 16 heavy (non-hydrogen) atoms. The van der Waals surface area contributed by atoms with Crippen LogP contribution in [0.5, 0.6) is 0 Å². The van der Waals surface area contributed by atoms with Crippen molar-refractivity contribution < 1.29 is 4.79 Å². The van der Waals surface area contributed by atoms with Gasteiger partial charge < -0.3 is 5.32 Å². The molecule has 0 fully saturated rings. The summed E-state index contributed by atoms with van der Waals surface area (Å²) in [4.78, 5) is 12.0. The molecule has 4 heteroatoms. The maximum absolute atomic E-state index is 12.0. The summed E-state index contributed by atoms with van der Waals surface area (Å²) in [5.74, 6) is -0.141. The normalized spacial score (nSPS) is 11.3. The number of benzene rings is 1. The molecule has 0 saturated heterocycles. The molecule has 1 N–H and O–H groups in total. The predicted molar refractivity (Wildman–Crippen MR) is 71.0 cm³/mol. The summed E-state index contributed by atoms with van der Waals surface area (Å²) < 4.78 is 0.733. The molecule has 0 spiro atoms. The van der Waals surface area contributed by atoms with Gasteiger partial charge in [0, 0.05) is 10.0 Å². The van der Waals surface area contributed by atoms with E-state index in [1.54, 1.807) is 12.1 Å². The maximum atomic E-state index is 12.0. The van der Waals surface area contributed by atoms with Crippen molar-refractivity contribution in [1.29, 1.82) is 0 Å². The number of nitrogens with one attached hydrogen (secondary N) is 1. The summed E-state index contributed by atoms with van der Waals surface area (Å²) in [6, 6.07) is 5.32. The topological polar surface area (TPSA) is 29.1 Å². The van der Waals surface area contributed by atoms with Crippen LogP contribution in [0, 0.1) is 0 Å². The Hall–Kier alpha value is -0.540. The van der Waals surface area contributed by atoms with Gasteiger partial charge in [-0.1, -0.05) is 24.6 Å². The van der Waals surface area contributed by atoms with Crippen molar-refractivity contribution in [2.45, 2.75) is 32.7 Å². The van der Waals surface area contributed by atoms with Gasteiger partial charge in [-0.2, -0.15) is 0 Å². The molecule has 1 amide bonds. The van der Waals surface area contributed by atoms with E-state index in [2.05, 4.69) is 21.2 Å². The smallest absolute Gasteiger partial charge is 0.253 e. The molecule has 0 radical (unpaired) electrons.